The number of nitro benzene ring substituents is 1. The molecule has 3 rings (SSSR count). The second-order valence-electron chi connectivity index (χ2n) is 5.10. The number of halogens is 1. The Morgan fingerprint density at radius 2 is 1.93 bits per heavy atom. The minimum Gasteiger partial charge on any atom is -0.390 e. The van der Waals surface area contributed by atoms with Gasteiger partial charge in [0.15, 0.2) is 12.4 Å². The Balaban J connectivity index is 1.72. The van der Waals surface area contributed by atoms with E-state index in [1.54, 1.807) is 0 Å². The standard InChI is InChI=1S/C13H9ClN8O5/c14-9-2-1-8(21(24)25)5-11(9)16-12(23)10-3-4-19(17-10)7-20-6-15-13(18-20)22(26)27/h1-6H,7H2,(H,16,23). The Morgan fingerprint density at radius 3 is 2.59 bits per heavy atom. The second-order valence-corrected chi connectivity index (χ2v) is 5.51. The number of rotatable bonds is 6. The van der Waals surface area contributed by atoms with Gasteiger partial charge in [-0.15, -0.1) is 0 Å². The van der Waals surface area contributed by atoms with Crippen LogP contribution in [0.5, 0.6) is 0 Å². The normalized spacial score (nSPS) is 10.6. The molecule has 27 heavy (non-hydrogen) atoms. The van der Waals surface area contributed by atoms with E-state index in [1.165, 1.54) is 33.8 Å². The van der Waals surface area contributed by atoms with Crippen LogP contribution in [0.15, 0.2) is 36.8 Å². The molecule has 138 valence electrons. The third kappa shape index (κ3) is 4.04. The summed E-state index contributed by atoms with van der Waals surface area (Å²) >= 11 is 5.94. The summed E-state index contributed by atoms with van der Waals surface area (Å²) in [4.78, 5) is 35.8. The van der Waals surface area contributed by atoms with Gasteiger partial charge in [-0.2, -0.15) is 9.78 Å². The van der Waals surface area contributed by atoms with Crippen LogP contribution in [-0.2, 0) is 6.67 Å². The van der Waals surface area contributed by atoms with Crippen molar-refractivity contribution in [2.75, 3.05) is 5.32 Å². The topological polar surface area (TPSA) is 164 Å². The molecule has 0 fully saturated rings. The Morgan fingerprint density at radius 1 is 1.15 bits per heavy atom. The van der Waals surface area contributed by atoms with Crippen LogP contribution in [0, 0.1) is 20.2 Å². The van der Waals surface area contributed by atoms with Crippen molar-refractivity contribution in [3.8, 4) is 0 Å². The van der Waals surface area contributed by atoms with Crippen molar-refractivity contribution in [2.24, 2.45) is 0 Å². The van der Waals surface area contributed by atoms with Gasteiger partial charge in [0.1, 0.15) is 0 Å². The number of hydrogen-bond donors (Lipinski definition) is 1. The third-order valence-corrected chi connectivity index (χ3v) is 3.59. The molecule has 0 spiro atoms. The average molecular weight is 393 g/mol. The molecular weight excluding hydrogens is 384 g/mol. The summed E-state index contributed by atoms with van der Waals surface area (Å²) in [5.74, 6) is -1.19. The molecular formula is C13H9ClN8O5. The maximum atomic E-state index is 12.3. The largest absolute Gasteiger partial charge is 0.491 e. The van der Waals surface area contributed by atoms with Gasteiger partial charge in [0.25, 0.3) is 11.6 Å². The van der Waals surface area contributed by atoms with Crippen LogP contribution in [-0.4, -0.2) is 40.3 Å². The summed E-state index contributed by atoms with van der Waals surface area (Å²) in [5, 5.41) is 31.6. The molecule has 0 radical (unpaired) electrons. The first-order valence-corrected chi connectivity index (χ1v) is 7.54. The molecule has 13 nitrogen and oxygen atoms in total. The van der Waals surface area contributed by atoms with Crippen LogP contribution in [0.4, 0.5) is 17.3 Å². The molecule has 1 N–H and O–H groups in total. The highest BCUT2D eigenvalue weighted by Crippen LogP contribution is 2.27. The number of amides is 1. The first-order chi connectivity index (χ1) is 12.8. The number of anilines is 1. The molecule has 3 aromatic rings. The second kappa shape index (κ2) is 7.17. The minimum absolute atomic E-state index is 0.00666. The van der Waals surface area contributed by atoms with Crippen molar-refractivity contribution < 1.29 is 14.6 Å². The molecule has 0 aliphatic heterocycles. The highest BCUT2D eigenvalue weighted by atomic mass is 35.5. The molecule has 2 heterocycles. The van der Waals surface area contributed by atoms with Crippen molar-refractivity contribution in [3.05, 3.63) is 67.7 Å². The number of carbonyl (C=O) groups excluding carboxylic acids is 1. The van der Waals surface area contributed by atoms with E-state index in [-0.39, 0.29) is 28.8 Å². The molecule has 14 heteroatoms. The summed E-state index contributed by atoms with van der Waals surface area (Å²) < 4.78 is 2.48. The van der Waals surface area contributed by atoms with Crippen molar-refractivity contribution in [1.29, 1.82) is 0 Å². The monoisotopic (exact) mass is 392 g/mol. The van der Waals surface area contributed by atoms with Crippen LogP contribution >= 0.6 is 11.6 Å². The van der Waals surface area contributed by atoms with E-state index in [2.05, 4.69) is 20.5 Å². The van der Waals surface area contributed by atoms with Crippen LogP contribution < -0.4 is 5.32 Å². The van der Waals surface area contributed by atoms with Gasteiger partial charge >= 0.3 is 5.95 Å². The van der Waals surface area contributed by atoms with Crippen molar-refractivity contribution >= 4 is 34.8 Å². The fourth-order valence-corrected chi connectivity index (χ4v) is 2.22. The van der Waals surface area contributed by atoms with Crippen molar-refractivity contribution in [2.45, 2.75) is 6.67 Å². The number of non-ortho nitro benzene ring substituents is 1. The highest BCUT2D eigenvalue weighted by molar-refractivity contribution is 6.34. The number of carbonyl (C=O) groups is 1. The fraction of sp³-hybridized carbons (Fsp3) is 0.0769. The number of hydrogen-bond acceptors (Lipinski definition) is 8. The van der Waals surface area contributed by atoms with E-state index in [0.29, 0.717) is 0 Å². The van der Waals surface area contributed by atoms with Gasteiger partial charge < -0.3 is 15.4 Å². The van der Waals surface area contributed by atoms with Crippen LogP contribution in [0.2, 0.25) is 5.02 Å². The number of nitro groups is 2. The fourth-order valence-electron chi connectivity index (χ4n) is 2.06. The quantitative estimate of drug-likeness (QED) is 0.489. The number of benzene rings is 1. The lowest BCUT2D eigenvalue weighted by molar-refractivity contribution is -0.394. The molecule has 1 amide bonds. The average Bonchev–Trinajstić information content (AvgIpc) is 3.26. The molecule has 0 unspecified atom stereocenters. The zero-order valence-corrected chi connectivity index (χ0v) is 14.0. The third-order valence-electron chi connectivity index (χ3n) is 3.26. The van der Waals surface area contributed by atoms with E-state index in [0.717, 1.165) is 12.4 Å². The summed E-state index contributed by atoms with van der Waals surface area (Å²) in [6, 6.07) is 5.03. The van der Waals surface area contributed by atoms with Crippen molar-refractivity contribution in [1.82, 2.24) is 24.5 Å². The Hall–Kier alpha value is -3.87. The number of nitrogens with zero attached hydrogens (tertiary/aromatic N) is 7. The van der Waals surface area contributed by atoms with E-state index in [1.807, 2.05) is 0 Å². The summed E-state index contributed by atoms with van der Waals surface area (Å²) in [6.07, 6.45) is 2.61. The van der Waals surface area contributed by atoms with E-state index < -0.39 is 21.7 Å². The van der Waals surface area contributed by atoms with Gasteiger partial charge in [-0.3, -0.25) is 14.9 Å². The van der Waals surface area contributed by atoms with Crippen LogP contribution in [0.3, 0.4) is 0 Å². The predicted octanol–water partition coefficient (Wildman–Crippen LogP) is 1.70. The first-order valence-electron chi connectivity index (χ1n) is 7.16. The van der Waals surface area contributed by atoms with E-state index in [9.17, 15) is 25.0 Å². The maximum Gasteiger partial charge on any atom is 0.491 e. The lowest BCUT2D eigenvalue weighted by atomic mass is 10.2. The van der Waals surface area contributed by atoms with Gasteiger partial charge in [-0.05, 0) is 17.1 Å². The molecule has 0 saturated heterocycles. The van der Waals surface area contributed by atoms with Gasteiger partial charge in [-0.25, -0.2) is 4.68 Å². The van der Waals surface area contributed by atoms with Gasteiger partial charge in [0.2, 0.25) is 6.33 Å². The van der Waals surface area contributed by atoms with Crippen molar-refractivity contribution in [3.63, 3.8) is 0 Å². The highest BCUT2D eigenvalue weighted by Gasteiger charge is 2.17. The maximum absolute atomic E-state index is 12.3. The van der Waals surface area contributed by atoms with Crippen LogP contribution in [0.1, 0.15) is 10.5 Å². The SMILES string of the molecule is O=C(Nc1cc([N+](=O)[O-])ccc1Cl)c1ccn(Cn2cnc([N+](=O)[O-])n2)n1. The first kappa shape index (κ1) is 17.9. The summed E-state index contributed by atoms with van der Waals surface area (Å²) in [5.41, 5.74) is -0.155. The predicted molar refractivity (Wildman–Crippen MR) is 90.4 cm³/mol. The lowest BCUT2D eigenvalue weighted by Crippen LogP contribution is -2.15. The Kier molecular flexibility index (Phi) is 4.76. The zero-order chi connectivity index (χ0) is 19.6. The molecule has 0 saturated carbocycles. The van der Waals surface area contributed by atoms with E-state index >= 15 is 0 Å². The minimum atomic E-state index is -0.735. The molecule has 1 aromatic carbocycles. The smallest absolute Gasteiger partial charge is 0.390 e. The summed E-state index contributed by atoms with van der Waals surface area (Å²) in [7, 11) is 0. The molecule has 2 aromatic heterocycles. The number of nitrogens with one attached hydrogen (secondary N) is 1. The van der Waals surface area contributed by atoms with Gasteiger partial charge in [0, 0.05) is 23.4 Å². The van der Waals surface area contributed by atoms with Gasteiger partial charge in [-0.1, -0.05) is 16.6 Å². The molecule has 0 bridgehead atoms. The molecule has 0 aliphatic carbocycles. The van der Waals surface area contributed by atoms with Crippen LogP contribution in [0.25, 0.3) is 0 Å². The molecule has 0 aliphatic rings. The zero-order valence-electron chi connectivity index (χ0n) is 13.2. The Bertz CT molecular complexity index is 1050. The van der Waals surface area contributed by atoms with E-state index in [4.69, 9.17) is 11.6 Å². The lowest BCUT2D eigenvalue weighted by Gasteiger charge is -2.05. The Labute approximate surface area is 154 Å². The summed E-state index contributed by atoms with van der Waals surface area (Å²) in [6.45, 7) is -0.00825. The number of aromatic nitrogens is 5. The molecule has 0 atom stereocenters. The van der Waals surface area contributed by atoms with Gasteiger partial charge in [0.05, 0.1) is 15.6 Å².